The van der Waals surface area contributed by atoms with E-state index in [1.165, 1.54) is 6.26 Å². The third-order valence-corrected chi connectivity index (χ3v) is 5.64. The Morgan fingerprint density at radius 1 is 1.19 bits per heavy atom. The van der Waals surface area contributed by atoms with Gasteiger partial charge in [-0.1, -0.05) is 6.42 Å². The maximum absolute atomic E-state index is 11.7. The fourth-order valence-corrected chi connectivity index (χ4v) is 3.98. The lowest BCUT2D eigenvalue weighted by Gasteiger charge is -2.29. The lowest BCUT2D eigenvalue weighted by atomic mass is 9.94. The van der Waals surface area contributed by atoms with E-state index in [0.29, 0.717) is 12.2 Å². The molecule has 0 amide bonds. The van der Waals surface area contributed by atoms with Crippen LogP contribution < -0.4 is 14.8 Å². The number of anilines is 1. The van der Waals surface area contributed by atoms with Crippen LogP contribution in [0.2, 0.25) is 0 Å². The molecule has 1 aliphatic carbocycles. The molecular formula is C15H23NO4S. The van der Waals surface area contributed by atoms with E-state index in [9.17, 15) is 8.42 Å². The van der Waals surface area contributed by atoms with Gasteiger partial charge in [0.15, 0.2) is 0 Å². The number of hydrogen-bond donors (Lipinski definition) is 1. The predicted molar refractivity (Wildman–Crippen MR) is 84.1 cm³/mol. The Morgan fingerprint density at radius 2 is 1.95 bits per heavy atom. The summed E-state index contributed by atoms with van der Waals surface area (Å²) in [7, 11) is 0.253. The minimum Gasteiger partial charge on any atom is -0.497 e. The first kappa shape index (κ1) is 15.9. The Kier molecular flexibility index (Phi) is 4.98. The molecule has 118 valence electrons. The smallest absolute Gasteiger partial charge is 0.150 e. The summed E-state index contributed by atoms with van der Waals surface area (Å²) in [6.45, 7) is 0. The van der Waals surface area contributed by atoms with Crippen molar-refractivity contribution < 1.29 is 17.9 Å². The normalized spacial score (nSPS) is 22.6. The average molecular weight is 313 g/mol. The molecule has 0 radical (unpaired) electrons. The summed E-state index contributed by atoms with van der Waals surface area (Å²) >= 11 is 0. The van der Waals surface area contributed by atoms with Crippen LogP contribution in [-0.4, -0.2) is 40.2 Å². The molecule has 0 heterocycles. The van der Waals surface area contributed by atoms with E-state index in [-0.39, 0.29) is 11.3 Å². The fraction of sp³-hybridized carbons (Fsp3) is 0.600. The highest BCUT2D eigenvalue weighted by atomic mass is 32.2. The molecule has 5 nitrogen and oxygen atoms in total. The molecule has 1 N–H and O–H groups in total. The second-order valence-electron chi connectivity index (χ2n) is 5.53. The van der Waals surface area contributed by atoms with Crippen molar-refractivity contribution in [2.24, 2.45) is 0 Å². The minimum atomic E-state index is -2.97. The minimum absolute atomic E-state index is 0.153. The van der Waals surface area contributed by atoms with Gasteiger partial charge in [-0.3, -0.25) is 0 Å². The lowest BCUT2D eigenvalue weighted by Crippen LogP contribution is -2.34. The quantitative estimate of drug-likeness (QED) is 0.904. The molecule has 0 saturated heterocycles. The van der Waals surface area contributed by atoms with Gasteiger partial charge in [-0.25, -0.2) is 8.42 Å². The molecule has 1 aromatic carbocycles. The van der Waals surface area contributed by atoms with Crippen molar-refractivity contribution >= 4 is 15.5 Å². The Morgan fingerprint density at radius 3 is 2.57 bits per heavy atom. The van der Waals surface area contributed by atoms with Gasteiger partial charge in [-0.2, -0.15) is 0 Å². The maximum atomic E-state index is 11.7. The molecule has 1 fully saturated rings. The number of benzene rings is 1. The summed E-state index contributed by atoms with van der Waals surface area (Å²) in [5.74, 6) is 1.44. The van der Waals surface area contributed by atoms with Gasteiger partial charge in [-0.05, 0) is 31.4 Å². The predicted octanol–water partition coefficient (Wildman–Crippen LogP) is 2.47. The summed E-state index contributed by atoms with van der Waals surface area (Å²) < 4.78 is 34.0. The van der Waals surface area contributed by atoms with Crippen molar-refractivity contribution in [3.8, 4) is 11.5 Å². The van der Waals surface area contributed by atoms with Crippen molar-refractivity contribution in [2.45, 2.75) is 37.0 Å². The number of methoxy groups -OCH3 is 2. The van der Waals surface area contributed by atoms with Gasteiger partial charge in [-0.15, -0.1) is 0 Å². The van der Waals surface area contributed by atoms with E-state index >= 15 is 0 Å². The monoisotopic (exact) mass is 313 g/mol. The molecule has 1 aliphatic rings. The summed E-state index contributed by atoms with van der Waals surface area (Å²) in [5.41, 5.74) is 0.873. The molecule has 2 rings (SSSR count). The molecule has 6 heteroatoms. The molecular weight excluding hydrogens is 290 g/mol. The van der Waals surface area contributed by atoms with Crippen LogP contribution in [0.3, 0.4) is 0 Å². The topological polar surface area (TPSA) is 64.6 Å². The Bertz CT molecular complexity index is 585. The number of nitrogens with one attached hydrogen (secondary N) is 1. The van der Waals surface area contributed by atoms with E-state index in [1.54, 1.807) is 14.2 Å². The van der Waals surface area contributed by atoms with E-state index < -0.39 is 9.84 Å². The number of ether oxygens (including phenoxy) is 2. The van der Waals surface area contributed by atoms with Crippen molar-refractivity contribution in [1.29, 1.82) is 0 Å². The molecule has 2 atom stereocenters. The standard InChI is InChI=1S/C15H23NO4S/c1-19-12-7-8-14(15(10-12)20-2)16-11-5-4-6-13(9-11)21(3,17)18/h7-8,10-11,13,16H,4-6,9H2,1-3H3. The van der Waals surface area contributed by atoms with Crippen LogP contribution in [0.25, 0.3) is 0 Å². The van der Waals surface area contributed by atoms with E-state index in [4.69, 9.17) is 9.47 Å². The van der Waals surface area contributed by atoms with Gasteiger partial charge in [0.25, 0.3) is 0 Å². The SMILES string of the molecule is COc1ccc(NC2CCCC(S(C)(=O)=O)C2)c(OC)c1. The molecule has 2 unspecified atom stereocenters. The first-order valence-electron chi connectivity index (χ1n) is 7.11. The van der Waals surface area contributed by atoms with Crippen molar-refractivity contribution in [3.63, 3.8) is 0 Å². The Labute approximate surface area is 126 Å². The maximum Gasteiger partial charge on any atom is 0.150 e. The summed E-state index contributed by atoms with van der Waals surface area (Å²) in [4.78, 5) is 0. The van der Waals surface area contributed by atoms with Crippen molar-refractivity contribution in [2.75, 3.05) is 25.8 Å². The fourth-order valence-electron chi connectivity index (χ4n) is 2.80. The third kappa shape index (κ3) is 4.03. The largest absolute Gasteiger partial charge is 0.497 e. The van der Waals surface area contributed by atoms with Crippen molar-refractivity contribution in [1.82, 2.24) is 0 Å². The summed E-state index contributed by atoms with van der Waals surface area (Å²) in [6, 6.07) is 5.74. The summed E-state index contributed by atoms with van der Waals surface area (Å²) in [5, 5.41) is 3.17. The van der Waals surface area contributed by atoms with Gasteiger partial charge >= 0.3 is 0 Å². The van der Waals surface area contributed by atoms with Crippen LogP contribution in [0.1, 0.15) is 25.7 Å². The van der Waals surface area contributed by atoms with Gasteiger partial charge < -0.3 is 14.8 Å². The second kappa shape index (κ2) is 6.56. The Balaban J connectivity index is 2.11. The summed E-state index contributed by atoms with van der Waals surface area (Å²) in [6.07, 6.45) is 4.63. The zero-order valence-corrected chi connectivity index (χ0v) is 13.6. The highest BCUT2D eigenvalue weighted by Crippen LogP contribution is 2.32. The van der Waals surface area contributed by atoms with Crippen LogP contribution in [-0.2, 0) is 9.84 Å². The highest BCUT2D eigenvalue weighted by molar-refractivity contribution is 7.91. The van der Waals surface area contributed by atoms with E-state index in [0.717, 1.165) is 30.7 Å². The zero-order valence-electron chi connectivity index (χ0n) is 12.8. The van der Waals surface area contributed by atoms with E-state index in [2.05, 4.69) is 5.32 Å². The third-order valence-electron chi connectivity index (χ3n) is 4.00. The van der Waals surface area contributed by atoms with Crippen LogP contribution in [0.5, 0.6) is 11.5 Å². The van der Waals surface area contributed by atoms with Crippen LogP contribution >= 0.6 is 0 Å². The van der Waals surface area contributed by atoms with E-state index in [1.807, 2.05) is 18.2 Å². The zero-order chi connectivity index (χ0) is 15.5. The number of sulfone groups is 1. The van der Waals surface area contributed by atoms with Crippen LogP contribution in [0.15, 0.2) is 18.2 Å². The molecule has 21 heavy (non-hydrogen) atoms. The number of rotatable bonds is 5. The first-order valence-corrected chi connectivity index (χ1v) is 9.07. The average Bonchev–Trinajstić information content (AvgIpc) is 2.47. The lowest BCUT2D eigenvalue weighted by molar-refractivity contribution is 0.394. The molecule has 0 bridgehead atoms. The highest BCUT2D eigenvalue weighted by Gasteiger charge is 2.29. The Hall–Kier alpha value is -1.43. The van der Waals surface area contributed by atoms with Gasteiger partial charge in [0.2, 0.25) is 0 Å². The molecule has 0 aliphatic heterocycles. The van der Waals surface area contributed by atoms with Gasteiger partial charge in [0.1, 0.15) is 21.3 Å². The molecule has 1 aromatic rings. The van der Waals surface area contributed by atoms with Gasteiger partial charge in [0, 0.05) is 18.4 Å². The molecule has 1 saturated carbocycles. The number of hydrogen-bond acceptors (Lipinski definition) is 5. The van der Waals surface area contributed by atoms with Gasteiger partial charge in [0.05, 0.1) is 25.2 Å². The molecule has 0 aromatic heterocycles. The molecule has 0 spiro atoms. The second-order valence-corrected chi connectivity index (χ2v) is 7.85. The van der Waals surface area contributed by atoms with Crippen LogP contribution in [0, 0.1) is 0 Å². The first-order chi connectivity index (χ1) is 9.94. The van der Waals surface area contributed by atoms with Crippen LogP contribution in [0.4, 0.5) is 5.69 Å². The van der Waals surface area contributed by atoms with Crippen molar-refractivity contribution in [3.05, 3.63) is 18.2 Å².